The molecule has 1 amide bonds. The van der Waals surface area contributed by atoms with E-state index in [-0.39, 0.29) is 24.6 Å². The highest BCUT2D eigenvalue weighted by Crippen LogP contribution is 2.28. The number of nitrogens with zero attached hydrogens (tertiary/aromatic N) is 4. The van der Waals surface area contributed by atoms with Crippen molar-refractivity contribution in [2.24, 2.45) is 0 Å². The summed E-state index contributed by atoms with van der Waals surface area (Å²) < 4.78 is 5.60. The number of esters is 1. The Morgan fingerprint density at radius 3 is 2.56 bits per heavy atom. The smallest absolute Gasteiger partial charge is 0.340 e. The van der Waals surface area contributed by atoms with Gasteiger partial charge in [0, 0.05) is 23.3 Å². The molecule has 0 aliphatic carbocycles. The van der Waals surface area contributed by atoms with Crippen molar-refractivity contribution < 1.29 is 14.3 Å². The number of amides is 1. The van der Waals surface area contributed by atoms with Crippen molar-refractivity contribution in [2.45, 2.75) is 33.0 Å². The number of benzene rings is 2. The number of anilines is 1. The minimum absolute atomic E-state index is 0.120. The number of carbonyl (C=O) groups is 2. The number of pyridine rings is 3. The molecule has 1 atom stereocenters. The van der Waals surface area contributed by atoms with E-state index < -0.39 is 12.0 Å². The van der Waals surface area contributed by atoms with Gasteiger partial charge in [-0.15, -0.1) is 0 Å². The maximum Gasteiger partial charge on any atom is 0.340 e. The van der Waals surface area contributed by atoms with Crippen LogP contribution in [0.5, 0.6) is 0 Å². The molecule has 5 aromatic rings. The van der Waals surface area contributed by atoms with Gasteiger partial charge in [0.1, 0.15) is 12.4 Å². The maximum atomic E-state index is 14.1. The first kappa shape index (κ1) is 27.7. The third-order valence-corrected chi connectivity index (χ3v) is 7.03. The topological polar surface area (TPSA) is 111 Å². The second kappa shape index (κ2) is 12.1. The van der Waals surface area contributed by atoms with Crippen molar-refractivity contribution in [3.05, 3.63) is 130 Å². The Balaban J connectivity index is 1.49. The minimum atomic E-state index is -0.609. The lowest BCUT2D eigenvalue weighted by atomic mass is 10.0. The first-order chi connectivity index (χ1) is 19.8. The molecule has 0 unspecified atom stereocenters. The first-order valence-corrected chi connectivity index (χ1v) is 13.4. The minimum Gasteiger partial charge on any atom is -0.457 e. The van der Waals surface area contributed by atoms with Crippen LogP contribution in [0.1, 0.15) is 56.2 Å². The SMILES string of the molecule is Cc1cc2cc(C(=O)N(Cc3ccc(Cl)cn3)[C@H](C)c3ncccc3C(=O)OCc3ccccc3)ccc2nc1N. The van der Waals surface area contributed by atoms with E-state index in [1.807, 2.05) is 50.2 Å². The number of carbonyl (C=O) groups excluding carboxylic acids is 2. The van der Waals surface area contributed by atoms with Gasteiger partial charge < -0.3 is 15.4 Å². The van der Waals surface area contributed by atoms with Crippen LogP contribution in [0.3, 0.4) is 0 Å². The third kappa shape index (κ3) is 6.34. The Kier molecular flexibility index (Phi) is 8.21. The number of ether oxygens (including phenoxy) is 1. The average Bonchev–Trinajstić information content (AvgIpc) is 3.00. The predicted octanol–water partition coefficient (Wildman–Crippen LogP) is 6.33. The molecule has 0 radical (unpaired) electrons. The van der Waals surface area contributed by atoms with E-state index in [1.54, 1.807) is 53.6 Å². The Labute approximate surface area is 242 Å². The summed E-state index contributed by atoms with van der Waals surface area (Å²) in [5.74, 6) is -0.340. The summed E-state index contributed by atoms with van der Waals surface area (Å²) >= 11 is 6.05. The molecule has 5 rings (SSSR count). The quantitative estimate of drug-likeness (QED) is 0.219. The Morgan fingerprint density at radius 1 is 1.00 bits per heavy atom. The van der Waals surface area contributed by atoms with Gasteiger partial charge in [-0.2, -0.15) is 0 Å². The van der Waals surface area contributed by atoms with Gasteiger partial charge in [0.15, 0.2) is 0 Å². The van der Waals surface area contributed by atoms with E-state index in [0.717, 1.165) is 16.5 Å². The predicted molar refractivity (Wildman–Crippen MR) is 158 cm³/mol. The Bertz CT molecular complexity index is 1710. The molecule has 3 aromatic heterocycles. The standard InChI is InChI=1S/C32H28ClN5O3/c1-20-15-24-16-23(10-13-28(24)37-30(20)34)31(39)38(18-26-12-11-25(33)17-36-26)21(2)29-27(9-6-14-35-29)32(40)41-19-22-7-4-3-5-8-22/h3-17,21H,18-19H2,1-2H3,(H2,34,37)/t21-/m1/s1. The summed E-state index contributed by atoms with van der Waals surface area (Å²) in [4.78, 5) is 42.3. The lowest BCUT2D eigenvalue weighted by molar-refractivity contribution is 0.0463. The number of rotatable bonds is 8. The highest BCUT2D eigenvalue weighted by atomic mass is 35.5. The lowest BCUT2D eigenvalue weighted by Crippen LogP contribution is -2.34. The Hall–Kier alpha value is -4.82. The van der Waals surface area contributed by atoms with Gasteiger partial charge in [0.05, 0.1) is 40.1 Å². The number of nitrogens with two attached hydrogens (primary N) is 1. The van der Waals surface area contributed by atoms with Crippen molar-refractivity contribution in [3.63, 3.8) is 0 Å². The molecule has 0 saturated heterocycles. The van der Waals surface area contributed by atoms with Gasteiger partial charge in [0.2, 0.25) is 0 Å². The van der Waals surface area contributed by atoms with Crippen LogP contribution in [-0.2, 0) is 17.9 Å². The lowest BCUT2D eigenvalue weighted by Gasteiger charge is -2.30. The van der Waals surface area contributed by atoms with Gasteiger partial charge in [-0.3, -0.25) is 14.8 Å². The second-order valence-electron chi connectivity index (χ2n) is 9.67. The van der Waals surface area contributed by atoms with Gasteiger partial charge in [-0.05, 0) is 73.5 Å². The number of aryl methyl sites for hydroxylation is 1. The fourth-order valence-corrected chi connectivity index (χ4v) is 4.64. The summed E-state index contributed by atoms with van der Waals surface area (Å²) in [7, 11) is 0. The molecule has 3 heterocycles. The molecule has 41 heavy (non-hydrogen) atoms. The normalized spacial score (nSPS) is 11.7. The van der Waals surface area contributed by atoms with Crippen molar-refractivity contribution in [1.29, 1.82) is 0 Å². The van der Waals surface area contributed by atoms with E-state index in [1.165, 1.54) is 6.20 Å². The zero-order valence-electron chi connectivity index (χ0n) is 22.6. The highest BCUT2D eigenvalue weighted by Gasteiger charge is 2.28. The van der Waals surface area contributed by atoms with Crippen LogP contribution >= 0.6 is 11.6 Å². The summed E-state index contributed by atoms with van der Waals surface area (Å²) in [5.41, 5.74) is 10.1. The number of nitrogen functional groups attached to an aromatic ring is 1. The number of hydrogen-bond acceptors (Lipinski definition) is 7. The fourth-order valence-electron chi connectivity index (χ4n) is 4.53. The van der Waals surface area contributed by atoms with E-state index in [4.69, 9.17) is 22.1 Å². The van der Waals surface area contributed by atoms with Crippen LogP contribution in [0.4, 0.5) is 5.82 Å². The van der Waals surface area contributed by atoms with Gasteiger partial charge in [-0.25, -0.2) is 9.78 Å². The van der Waals surface area contributed by atoms with Crippen molar-refractivity contribution in [2.75, 3.05) is 5.73 Å². The van der Waals surface area contributed by atoms with Gasteiger partial charge >= 0.3 is 5.97 Å². The number of aromatic nitrogens is 3. The van der Waals surface area contributed by atoms with Crippen LogP contribution < -0.4 is 5.73 Å². The van der Waals surface area contributed by atoms with Crippen LogP contribution in [0.15, 0.2) is 91.3 Å². The molecule has 9 heteroatoms. The number of hydrogen-bond donors (Lipinski definition) is 1. The molecule has 2 N–H and O–H groups in total. The van der Waals surface area contributed by atoms with Crippen LogP contribution in [0, 0.1) is 6.92 Å². The number of halogens is 1. The molecule has 0 aliphatic rings. The van der Waals surface area contributed by atoms with Crippen LogP contribution in [0.25, 0.3) is 10.9 Å². The van der Waals surface area contributed by atoms with E-state index in [0.29, 0.717) is 33.3 Å². The van der Waals surface area contributed by atoms with Gasteiger partial charge in [-0.1, -0.05) is 41.9 Å². The molecule has 8 nitrogen and oxygen atoms in total. The van der Waals surface area contributed by atoms with E-state index >= 15 is 0 Å². The van der Waals surface area contributed by atoms with Gasteiger partial charge in [0.25, 0.3) is 5.91 Å². The Morgan fingerprint density at radius 2 is 1.80 bits per heavy atom. The third-order valence-electron chi connectivity index (χ3n) is 6.81. The highest BCUT2D eigenvalue weighted by molar-refractivity contribution is 6.30. The molecular weight excluding hydrogens is 538 g/mol. The fraction of sp³-hybridized carbons (Fsp3) is 0.156. The second-order valence-corrected chi connectivity index (χ2v) is 10.1. The summed E-state index contributed by atoms with van der Waals surface area (Å²) in [5, 5.41) is 1.28. The molecule has 2 aromatic carbocycles. The molecule has 0 fully saturated rings. The first-order valence-electron chi connectivity index (χ1n) is 13.0. The molecule has 0 spiro atoms. The van der Waals surface area contributed by atoms with Crippen molar-refractivity contribution >= 4 is 40.2 Å². The molecule has 0 aliphatic heterocycles. The molecule has 0 bridgehead atoms. The maximum absolute atomic E-state index is 14.1. The average molecular weight is 566 g/mol. The van der Waals surface area contributed by atoms with Crippen molar-refractivity contribution in [3.8, 4) is 0 Å². The molecular formula is C32H28ClN5O3. The summed E-state index contributed by atoms with van der Waals surface area (Å²) in [6.45, 7) is 3.98. The zero-order chi connectivity index (χ0) is 28.9. The molecule has 206 valence electrons. The number of fused-ring (bicyclic) bond motifs is 1. The van der Waals surface area contributed by atoms with E-state index in [9.17, 15) is 9.59 Å². The zero-order valence-corrected chi connectivity index (χ0v) is 23.4. The monoisotopic (exact) mass is 565 g/mol. The van der Waals surface area contributed by atoms with Crippen LogP contribution in [0.2, 0.25) is 5.02 Å². The largest absolute Gasteiger partial charge is 0.457 e. The van der Waals surface area contributed by atoms with Crippen molar-refractivity contribution in [1.82, 2.24) is 19.9 Å². The summed E-state index contributed by atoms with van der Waals surface area (Å²) in [6, 6.07) is 22.8. The molecule has 0 saturated carbocycles. The van der Waals surface area contributed by atoms with E-state index in [2.05, 4.69) is 15.0 Å². The summed E-state index contributed by atoms with van der Waals surface area (Å²) in [6.07, 6.45) is 3.13. The van der Waals surface area contributed by atoms with Crippen LogP contribution in [-0.4, -0.2) is 31.7 Å².